The molecule has 1 amide bonds. The number of carbonyl (C=O) groups is 1. The molecule has 0 aromatic heterocycles. The Hall–Kier alpha value is -1.99. The highest BCUT2D eigenvalue weighted by Crippen LogP contribution is 2.18. The Kier molecular flexibility index (Phi) is 8.63. The number of rotatable bonds is 10. The number of ether oxygens (including phenoxy) is 2. The number of likely N-dealkylation sites (tertiary alicyclic amines) is 1. The number of amides is 1. The molecule has 0 bridgehead atoms. The molecule has 1 heterocycles. The Morgan fingerprint density at radius 1 is 1.00 bits per heavy atom. The second-order valence-electron chi connectivity index (χ2n) is 7.29. The van der Waals surface area contributed by atoms with Crippen LogP contribution >= 0.6 is 23.2 Å². The van der Waals surface area contributed by atoms with E-state index in [4.69, 9.17) is 32.7 Å². The number of halogens is 2. The van der Waals surface area contributed by atoms with Crippen LogP contribution in [-0.4, -0.2) is 61.4 Å². The maximum absolute atomic E-state index is 12.0. The van der Waals surface area contributed by atoms with E-state index in [9.17, 15) is 9.90 Å². The summed E-state index contributed by atoms with van der Waals surface area (Å²) in [4.78, 5) is 14.2. The number of aliphatic hydroxyl groups is 1. The van der Waals surface area contributed by atoms with Crippen LogP contribution in [0.3, 0.4) is 0 Å². The minimum atomic E-state index is -0.459. The third-order valence-corrected chi connectivity index (χ3v) is 5.43. The average Bonchev–Trinajstić information content (AvgIpc) is 3.10. The monoisotopic (exact) mass is 452 g/mol. The van der Waals surface area contributed by atoms with Crippen molar-refractivity contribution >= 4 is 29.1 Å². The van der Waals surface area contributed by atoms with Crippen molar-refractivity contribution in [3.8, 4) is 11.5 Å². The van der Waals surface area contributed by atoms with Gasteiger partial charge in [0, 0.05) is 42.1 Å². The topological polar surface area (TPSA) is 71.0 Å². The fourth-order valence-electron chi connectivity index (χ4n) is 3.31. The highest BCUT2D eigenvalue weighted by molar-refractivity contribution is 6.30. The molecule has 0 saturated carbocycles. The molecule has 1 aliphatic rings. The normalized spacial score (nSPS) is 18.9. The molecule has 2 N–H and O–H groups in total. The maximum Gasteiger partial charge on any atom is 0.257 e. The molecule has 0 radical (unpaired) electrons. The lowest BCUT2D eigenvalue weighted by molar-refractivity contribution is -0.123. The maximum atomic E-state index is 12.0. The minimum Gasteiger partial charge on any atom is -0.494 e. The largest absolute Gasteiger partial charge is 0.494 e. The Bertz CT molecular complexity index is 802. The van der Waals surface area contributed by atoms with Crippen LogP contribution in [0.1, 0.15) is 6.42 Å². The second-order valence-corrected chi connectivity index (χ2v) is 8.16. The van der Waals surface area contributed by atoms with Crippen molar-refractivity contribution in [3.63, 3.8) is 0 Å². The summed E-state index contributed by atoms with van der Waals surface area (Å²) in [7, 11) is 0. The number of hydrogen-bond acceptors (Lipinski definition) is 5. The van der Waals surface area contributed by atoms with E-state index in [-0.39, 0.29) is 18.4 Å². The Morgan fingerprint density at radius 3 is 2.23 bits per heavy atom. The molecule has 1 saturated heterocycles. The molecule has 30 heavy (non-hydrogen) atoms. The lowest BCUT2D eigenvalue weighted by Gasteiger charge is -2.16. The van der Waals surface area contributed by atoms with Crippen molar-refractivity contribution in [3.05, 3.63) is 58.6 Å². The number of β-amino-alcohol motifs (C(OH)–C–C–N with tert-alkyl or cyclic N) is 1. The summed E-state index contributed by atoms with van der Waals surface area (Å²) in [6.07, 6.45) is 0.392. The van der Waals surface area contributed by atoms with E-state index in [1.807, 2.05) is 12.1 Å². The Labute approximate surface area is 186 Å². The van der Waals surface area contributed by atoms with Crippen LogP contribution in [0.4, 0.5) is 0 Å². The first kappa shape index (κ1) is 22.7. The molecule has 1 aliphatic heterocycles. The lowest BCUT2D eigenvalue weighted by atomic mass is 10.1. The first-order valence-corrected chi connectivity index (χ1v) is 10.7. The van der Waals surface area contributed by atoms with Crippen molar-refractivity contribution in [1.29, 1.82) is 0 Å². The molecule has 2 aromatic carbocycles. The third-order valence-electron chi connectivity index (χ3n) is 4.93. The van der Waals surface area contributed by atoms with Crippen molar-refractivity contribution in [2.45, 2.75) is 12.5 Å². The predicted octanol–water partition coefficient (Wildman–Crippen LogP) is 3.25. The van der Waals surface area contributed by atoms with Gasteiger partial charge in [-0.15, -0.1) is 0 Å². The summed E-state index contributed by atoms with van der Waals surface area (Å²) >= 11 is 11.7. The molecule has 6 nitrogen and oxygen atoms in total. The molecular weight excluding hydrogens is 427 g/mol. The van der Waals surface area contributed by atoms with Crippen LogP contribution in [0.5, 0.6) is 11.5 Å². The summed E-state index contributed by atoms with van der Waals surface area (Å²) < 4.78 is 11.1. The summed E-state index contributed by atoms with van der Waals surface area (Å²) in [5.74, 6) is 1.17. The van der Waals surface area contributed by atoms with Crippen molar-refractivity contribution in [2.75, 3.05) is 39.4 Å². The van der Waals surface area contributed by atoms with Gasteiger partial charge in [0.15, 0.2) is 6.61 Å². The Balaban J connectivity index is 1.30. The molecule has 3 rings (SSSR count). The molecule has 2 atom stereocenters. The van der Waals surface area contributed by atoms with Crippen LogP contribution in [-0.2, 0) is 4.79 Å². The summed E-state index contributed by atoms with van der Waals surface area (Å²) in [5, 5.41) is 14.4. The molecule has 2 aromatic rings. The molecule has 1 fully saturated rings. The molecule has 162 valence electrons. The summed E-state index contributed by atoms with van der Waals surface area (Å²) in [5.41, 5.74) is 0. The first-order chi connectivity index (χ1) is 14.5. The zero-order chi connectivity index (χ0) is 21.3. The van der Waals surface area contributed by atoms with E-state index in [2.05, 4.69) is 10.2 Å². The predicted molar refractivity (Wildman–Crippen MR) is 117 cm³/mol. The van der Waals surface area contributed by atoms with E-state index in [0.717, 1.165) is 25.3 Å². The minimum absolute atomic E-state index is 0.00154. The van der Waals surface area contributed by atoms with E-state index in [1.54, 1.807) is 36.4 Å². The average molecular weight is 453 g/mol. The van der Waals surface area contributed by atoms with E-state index >= 15 is 0 Å². The van der Waals surface area contributed by atoms with Crippen molar-refractivity contribution in [2.24, 2.45) is 5.92 Å². The van der Waals surface area contributed by atoms with Crippen LogP contribution in [0, 0.1) is 5.92 Å². The quantitative estimate of drug-likeness (QED) is 0.541. The van der Waals surface area contributed by atoms with Gasteiger partial charge in [0.1, 0.15) is 11.5 Å². The number of aliphatic hydroxyl groups excluding tert-OH is 1. The van der Waals surface area contributed by atoms with E-state index in [0.29, 0.717) is 35.5 Å². The highest BCUT2D eigenvalue weighted by atomic mass is 35.5. The van der Waals surface area contributed by atoms with Gasteiger partial charge in [-0.2, -0.15) is 0 Å². The number of hydrogen-bond donors (Lipinski definition) is 2. The van der Waals surface area contributed by atoms with Gasteiger partial charge in [-0.3, -0.25) is 4.79 Å². The van der Waals surface area contributed by atoms with Gasteiger partial charge in [0.05, 0.1) is 12.7 Å². The fourth-order valence-corrected chi connectivity index (χ4v) is 3.56. The molecule has 0 aliphatic carbocycles. The number of nitrogens with one attached hydrogen (secondary N) is 1. The summed E-state index contributed by atoms with van der Waals surface area (Å²) in [6, 6.07) is 14.1. The lowest BCUT2D eigenvalue weighted by Crippen LogP contribution is -2.36. The number of carbonyl (C=O) groups excluding carboxylic acids is 1. The molecule has 2 unspecified atom stereocenters. The molecular formula is C22H26Cl2N2O4. The number of benzene rings is 2. The summed E-state index contributed by atoms with van der Waals surface area (Å²) in [6.45, 7) is 3.10. The van der Waals surface area contributed by atoms with Crippen LogP contribution < -0.4 is 14.8 Å². The van der Waals surface area contributed by atoms with Crippen molar-refractivity contribution < 1.29 is 19.4 Å². The molecule has 8 heteroatoms. The molecule has 0 spiro atoms. The van der Waals surface area contributed by atoms with Crippen LogP contribution in [0.2, 0.25) is 10.0 Å². The van der Waals surface area contributed by atoms with Crippen LogP contribution in [0.25, 0.3) is 0 Å². The van der Waals surface area contributed by atoms with Gasteiger partial charge in [0.25, 0.3) is 5.91 Å². The van der Waals surface area contributed by atoms with Gasteiger partial charge in [0.2, 0.25) is 0 Å². The second kappa shape index (κ2) is 11.4. The van der Waals surface area contributed by atoms with Gasteiger partial charge in [-0.1, -0.05) is 23.2 Å². The SMILES string of the molecule is O=C(COc1ccc(Cl)cc1)NCC1CN(CCCOc2ccc(Cl)cc2)CC1O. The van der Waals surface area contributed by atoms with Crippen molar-refractivity contribution in [1.82, 2.24) is 10.2 Å². The third kappa shape index (κ3) is 7.36. The zero-order valence-electron chi connectivity index (χ0n) is 16.6. The first-order valence-electron chi connectivity index (χ1n) is 9.93. The van der Waals surface area contributed by atoms with E-state index < -0.39 is 6.10 Å². The van der Waals surface area contributed by atoms with Gasteiger partial charge in [-0.05, 0) is 55.0 Å². The Morgan fingerprint density at radius 2 is 1.60 bits per heavy atom. The standard InChI is InChI=1S/C22H26Cl2N2O4/c23-17-2-6-19(7-3-17)29-11-1-10-26-13-16(21(27)14-26)12-25-22(28)15-30-20-8-4-18(24)5-9-20/h2-9,16,21,27H,1,10-15H2,(H,25,28). The van der Waals surface area contributed by atoms with Gasteiger partial charge in [-0.25, -0.2) is 0 Å². The van der Waals surface area contributed by atoms with Gasteiger partial charge >= 0.3 is 0 Å². The number of nitrogens with zero attached hydrogens (tertiary/aromatic N) is 1. The van der Waals surface area contributed by atoms with Crippen LogP contribution in [0.15, 0.2) is 48.5 Å². The van der Waals surface area contributed by atoms with E-state index in [1.165, 1.54) is 0 Å². The highest BCUT2D eigenvalue weighted by Gasteiger charge is 2.31. The smallest absolute Gasteiger partial charge is 0.257 e. The zero-order valence-corrected chi connectivity index (χ0v) is 18.1. The van der Waals surface area contributed by atoms with Gasteiger partial charge < -0.3 is 24.8 Å². The fraction of sp³-hybridized carbons (Fsp3) is 0.409.